The SMILES string of the molecule is COc1ccc(CN(Cc2ccccc2Cl)C(c2cc3cc(C)c(C)cc3[nH]c2=O)c2nnnn2Cc2ccco2)cc1. The summed E-state index contributed by atoms with van der Waals surface area (Å²) in [4.78, 5) is 19.2. The van der Waals surface area contributed by atoms with Gasteiger partial charge in [0, 0.05) is 29.2 Å². The standard InChI is InChI=1S/C33H31ClN6O3/c1-21-15-25-17-28(33(41)35-30(25)16-22(21)2)31(32-36-37-38-40(32)20-27-8-6-14-43-27)39(19-24-7-4-5-9-29(24)34)18-23-10-12-26(42-3)13-11-23/h4-17,31H,18-20H2,1-3H3,(H,35,41). The van der Waals surface area contributed by atoms with Crippen molar-refractivity contribution in [1.29, 1.82) is 0 Å². The number of nitrogens with one attached hydrogen (secondary N) is 1. The van der Waals surface area contributed by atoms with Crippen LogP contribution < -0.4 is 10.3 Å². The van der Waals surface area contributed by atoms with Crippen LogP contribution in [0.3, 0.4) is 0 Å². The first kappa shape index (κ1) is 28.4. The fourth-order valence-electron chi connectivity index (χ4n) is 5.32. The summed E-state index contributed by atoms with van der Waals surface area (Å²) in [5.41, 5.74) is 5.26. The van der Waals surface area contributed by atoms with E-state index in [0.29, 0.717) is 41.8 Å². The number of aryl methyl sites for hydroxylation is 2. The maximum absolute atomic E-state index is 13.9. The van der Waals surface area contributed by atoms with Crippen LogP contribution in [0, 0.1) is 13.8 Å². The van der Waals surface area contributed by atoms with E-state index in [4.69, 9.17) is 20.8 Å². The van der Waals surface area contributed by atoms with Crippen LogP contribution in [0.1, 0.15) is 45.4 Å². The minimum absolute atomic E-state index is 0.216. The quantitative estimate of drug-likeness (QED) is 0.201. The van der Waals surface area contributed by atoms with Crippen molar-refractivity contribution in [3.63, 3.8) is 0 Å². The van der Waals surface area contributed by atoms with E-state index in [1.807, 2.05) is 79.7 Å². The van der Waals surface area contributed by atoms with E-state index in [0.717, 1.165) is 38.9 Å². The zero-order chi connectivity index (χ0) is 29.9. The average molecular weight is 595 g/mol. The normalized spacial score (nSPS) is 12.2. The first-order valence-corrected chi connectivity index (χ1v) is 14.3. The van der Waals surface area contributed by atoms with Gasteiger partial charge in [-0.25, -0.2) is 4.68 Å². The number of tetrazole rings is 1. The monoisotopic (exact) mass is 594 g/mol. The van der Waals surface area contributed by atoms with Gasteiger partial charge in [0.1, 0.15) is 24.1 Å². The smallest absolute Gasteiger partial charge is 0.253 e. The Morgan fingerprint density at radius 1 is 1.00 bits per heavy atom. The highest BCUT2D eigenvalue weighted by Gasteiger charge is 2.31. The zero-order valence-corrected chi connectivity index (χ0v) is 24.9. The van der Waals surface area contributed by atoms with Gasteiger partial charge in [-0.2, -0.15) is 0 Å². The summed E-state index contributed by atoms with van der Waals surface area (Å²) in [5, 5.41) is 14.4. The summed E-state index contributed by atoms with van der Waals surface area (Å²) < 4.78 is 12.7. The van der Waals surface area contributed by atoms with Crippen LogP contribution >= 0.6 is 11.6 Å². The Hall–Kier alpha value is -4.73. The molecule has 3 heterocycles. The third kappa shape index (κ3) is 6.09. The molecule has 0 saturated heterocycles. The van der Waals surface area contributed by atoms with Crippen LogP contribution in [0.5, 0.6) is 5.75 Å². The number of aromatic nitrogens is 5. The second-order valence-electron chi connectivity index (χ2n) is 10.6. The fraction of sp³-hybridized carbons (Fsp3) is 0.212. The van der Waals surface area contributed by atoms with Gasteiger partial charge in [0.25, 0.3) is 5.56 Å². The molecule has 0 aliphatic carbocycles. The third-order valence-corrected chi connectivity index (χ3v) is 8.08. The van der Waals surface area contributed by atoms with Crippen molar-refractivity contribution in [2.24, 2.45) is 0 Å². The summed E-state index contributed by atoms with van der Waals surface area (Å²) in [6.45, 7) is 5.30. The van der Waals surface area contributed by atoms with Gasteiger partial charge in [0.15, 0.2) is 5.82 Å². The Kier molecular flexibility index (Phi) is 8.09. The van der Waals surface area contributed by atoms with Gasteiger partial charge in [-0.3, -0.25) is 9.69 Å². The van der Waals surface area contributed by atoms with Crippen LogP contribution in [0.4, 0.5) is 0 Å². The number of hydrogen-bond acceptors (Lipinski definition) is 7. The number of hydrogen-bond donors (Lipinski definition) is 1. The average Bonchev–Trinajstić information content (AvgIpc) is 3.69. The Labute approximate surface area is 253 Å². The van der Waals surface area contributed by atoms with Gasteiger partial charge in [-0.15, -0.1) is 5.10 Å². The molecule has 0 aliphatic heterocycles. The molecule has 43 heavy (non-hydrogen) atoms. The predicted octanol–water partition coefficient (Wildman–Crippen LogP) is 6.23. The molecule has 3 aromatic carbocycles. The van der Waals surface area contributed by atoms with Gasteiger partial charge in [-0.1, -0.05) is 41.9 Å². The Balaban J connectivity index is 1.54. The second-order valence-corrected chi connectivity index (χ2v) is 11.0. The minimum atomic E-state index is -0.641. The molecule has 1 atom stereocenters. The van der Waals surface area contributed by atoms with Gasteiger partial charge < -0.3 is 14.1 Å². The van der Waals surface area contributed by atoms with Crippen molar-refractivity contribution >= 4 is 22.5 Å². The Morgan fingerprint density at radius 2 is 1.79 bits per heavy atom. The lowest BCUT2D eigenvalue weighted by molar-refractivity contribution is 0.193. The molecule has 0 spiro atoms. The lowest BCUT2D eigenvalue weighted by Gasteiger charge is -2.31. The topological polar surface area (TPSA) is 102 Å². The molecular weight excluding hydrogens is 564 g/mol. The fourth-order valence-corrected chi connectivity index (χ4v) is 5.51. The van der Waals surface area contributed by atoms with Crippen molar-refractivity contribution in [2.45, 2.75) is 39.5 Å². The number of halogens is 1. The zero-order valence-electron chi connectivity index (χ0n) is 24.1. The molecule has 3 aromatic heterocycles. The van der Waals surface area contributed by atoms with E-state index in [2.05, 4.69) is 38.4 Å². The molecule has 0 fully saturated rings. The molecule has 0 radical (unpaired) electrons. The van der Waals surface area contributed by atoms with E-state index in [-0.39, 0.29) is 5.56 Å². The van der Waals surface area contributed by atoms with Crippen LogP contribution in [0.2, 0.25) is 5.02 Å². The van der Waals surface area contributed by atoms with Crippen LogP contribution in [0.15, 0.2) is 94.3 Å². The summed E-state index contributed by atoms with van der Waals surface area (Å²) in [5.74, 6) is 1.96. The number of ether oxygens (including phenoxy) is 1. The molecule has 1 N–H and O–H groups in total. The van der Waals surface area contributed by atoms with E-state index >= 15 is 0 Å². The maximum Gasteiger partial charge on any atom is 0.253 e. The Bertz CT molecular complexity index is 1910. The van der Waals surface area contributed by atoms with Crippen LogP contribution in [-0.4, -0.2) is 37.2 Å². The van der Waals surface area contributed by atoms with Crippen LogP contribution in [-0.2, 0) is 19.6 Å². The largest absolute Gasteiger partial charge is 0.497 e. The summed E-state index contributed by atoms with van der Waals surface area (Å²) in [6, 6.07) is 24.7. The van der Waals surface area contributed by atoms with E-state index < -0.39 is 6.04 Å². The predicted molar refractivity (Wildman–Crippen MR) is 165 cm³/mol. The van der Waals surface area contributed by atoms with E-state index in [9.17, 15) is 4.79 Å². The van der Waals surface area contributed by atoms with Crippen molar-refractivity contribution in [3.8, 4) is 5.75 Å². The summed E-state index contributed by atoms with van der Waals surface area (Å²) >= 11 is 6.69. The molecule has 1 unspecified atom stereocenters. The second kappa shape index (κ2) is 12.2. The molecule has 10 heteroatoms. The number of methoxy groups -OCH3 is 1. The van der Waals surface area contributed by atoms with Crippen molar-refractivity contribution < 1.29 is 9.15 Å². The van der Waals surface area contributed by atoms with Gasteiger partial charge >= 0.3 is 0 Å². The van der Waals surface area contributed by atoms with E-state index in [1.165, 1.54) is 0 Å². The van der Waals surface area contributed by atoms with Crippen molar-refractivity contribution in [2.75, 3.05) is 7.11 Å². The molecule has 0 aliphatic rings. The third-order valence-electron chi connectivity index (χ3n) is 7.71. The molecular formula is C33H31ClN6O3. The van der Waals surface area contributed by atoms with Crippen molar-refractivity contribution in [1.82, 2.24) is 30.1 Å². The highest BCUT2D eigenvalue weighted by Crippen LogP contribution is 2.32. The molecule has 6 rings (SSSR count). The minimum Gasteiger partial charge on any atom is -0.497 e. The first-order chi connectivity index (χ1) is 20.9. The maximum atomic E-state index is 13.9. The number of fused-ring (bicyclic) bond motifs is 1. The number of rotatable bonds is 10. The molecule has 0 saturated carbocycles. The lowest BCUT2D eigenvalue weighted by atomic mass is 9.99. The highest BCUT2D eigenvalue weighted by atomic mass is 35.5. The van der Waals surface area contributed by atoms with Gasteiger partial charge in [0.2, 0.25) is 0 Å². The lowest BCUT2D eigenvalue weighted by Crippen LogP contribution is -2.35. The summed E-state index contributed by atoms with van der Waals surface area (Å²) in [7, 11) is 1.64. The molecule has 9 nitrogen and oxygen atoms in total. The van der Waals surface area contributed by atoms with Gasteiger partial charge in [-0.05, 0) is 100 Å². The first-order valence-electron chi connectivity index (χ1n) is 13.9. The summed E-state index contributed by atoms with van der Waals surface area (Å²) in [6.07, 6.45) is 1.61. The van der Waals surface area contributed by atoms with Crippen LogP contribution in [0.25, 0.3) is 10.9 Å². The molecule has 0 bridgehead atoms. The Morgan fingerprint density at radius 3 is 2.53 bits per heavy atom. The molecule has 218 valence electrons. The number of pyridine rings is 1. The molecule has 0 amide bonds. The van der Waals surface area contributed by atoms with Gasteiger partial charge in [0.05, 0.1) is 13.4 Å². The number of aromatic amines is 1. The number of furan rings is 1. The number of benzene rings is 3. The number of nitrogens with zero attached hydrogens (tertiary/aromatic N) is 5. The van der Waals surface area contributed by atoms with E-state index in [1.54, 1.807) is 18.1 Å². The van der Waals surface area contributed by atoms with Crippen molar-refractivity contribution in [3.05, 3.63) is 140 Å². The number of H-pyrrole nitrogens is 1. The molecule has 6 aromatic rings. The highest BCUT2D eigenvalue weighted by molar-refractivity contribution is 6.31.